The largest absolute Gasteiger partial charge is 0.496 e. The molecule has 0 radical (unpaired) electrons. The molecule has 1 aromatic heterocycles. The van der Waals surface area contributed by atoms with Gasteiger partial charge in [0.15, 0.2) is 0 Å². The molecule has 0 aliphatic carbocycles. The van der Waals surface area contributed by atoms with Gasteiger partial charge in [-0.05, 0) is 25.1 Å². The molecule has 134 valence electrons. The third kappa shape index (κ3) is 3.73. The van der Waals surface area contributed by atoms with Crippen molar-refractivity contribution in [1.29, 1.82) is 0 Å². The van der Waals surface area contributed by atoms with E-state index in [0.717, 1.165) is 16.8 Å². The molecule has 0 aliphatic rings. The average molecular weight is 370 g/mol. The zero-order valence-corrected chi connectivity index (χ0v) is 15.7. The Morgan fingerprint density at radius 1 is 1.23 bits per heavy atom. The number of methoxy groups -OCH3 is 1. The van der Waals surface area contributed by atoms with Crippen LogP contribution in [0.3, 0.4) is 0 Å². The number of imidazole rings is 1. The number of carbonyl (C=O) groups is 1. The summed E-state index contributed by atoms with van der Waals surface area (Å²) in [6.45, 7) is 2.22. The number of nitrogens with zero attached hydrogens (tertiary/aromatic N) is 2. The molecule has 3 aromatic rings. The lowest BCUT2D eigenvalue weighted by molar-refractivity contribution is 0.0778. The smallest absolute Gasteiger partial charge is 0.274 e. The number of aryl methyl sites for hydroxylation is 1. The monoisotopic (exact) mass is 369 g/mol. The highest BCUT2D eigenvalue weighted by atomic mass is 35.5. The molecule has 0 saturated heterocycles. The van der Waals surface area contributed by atoms with E-state index in [4.69, 9.17) is 16.3 Å². The number of rotatable bonds is 5. The summed E-state index contributed by atoms with van der Waals surface area (Å²) < 4.78 is 5.35. The molecule has 1 heterocycles. The van der Waals surface area contributed by atoms with Crippen molar-refractivity contribution < 1.29 is 9.53 Å². The van der Waals surface area contributed by atoms with Gasteiger partial charge in [-0.3, -0.25) is 4.79 Å². The van der Waals surface area contributed by atoms with E-state index in [1.54, 1.807) is 37.3 Å². The number of benzene rings is 2. The first-order chi connectivity index (χ1) is 12.5. The van der Waals surface area contributed by atoms with Gasteiger partial charge in [0.05, 0.1) is 7.11 Å². The van der Waals surface area contributed by atoms with Gasteiger partial charge in [-0.25, -0.2) is 4.98 Å². The average Bonchev–Trinajstić information content (AvgIpc) is 3.03. The van der Waals surface area contributed by atoms with E-state index in [0.29, 0.717) is 28.8 Å². The van der Waals surface area contributed by atoms with Crippen molar-refractivity contribution in [2.24, 2.45) is 0 Å². The highest BCUT2D eigenvalue weighted by Crippen LogP contribution is 2.25. The predicted molar refractivity (Wildman–Crippen MR) is 103 cm³/mol. The van der Waals surface area contributed by atoms with Crippen LogP contribution in [0.4, 0.5) is 0 Å². The number of hydrogen-bond donors (Lipinski definition) is 1. The minimum absolute atomic E-state index is 0.164. The summed E-state index contributed by atoms with van der Waals surface area (Å²) in [6.07, 6.45) is 0. The number of hydrogen-bond acceptors (Lipinski definition) is 3. The molecule has 26 heavy (non-hydrogen) atoms. The lowest BCUT2D eigenvalue weighted by Gasteiger charge is -2.18. The molecule has 0 bridgehead atoms. The fourth-order valence-corrected chi connectivity index (χ4v) is 2.97. The molecule has 1 N–H and O–H groups in total. The lowest BCUT2D eigenvalue weighted by Crippen LogP contribution is -2.27. The second-order valence-corrected chi connectivity index (χ2v) is 6.48. The van der Waals surface area contributed by atoms with Crippen LogP contribution in [0.1, 0.15) is 21.7 Å². The number of carbonyl (C=O) groups excluding carboxylic acids is 1. The summed E-state index contributed by atoms with van der Waals surface area (Å²) in [7, 11) is 3.33. The standard InChI is InChI=1S/C20H20ClN3O2/c1-13-18(23-19(22-13)14-7-5-4-6-8-14)20(25)24(2)12-15-11-16(21)9-10-17(15)26-3/h4-11H,12H2,1-3H3,(H,22,23). The van der Waals surface area contributed by atoms with Crippen molar-refractivity contribution in [3.05, 3.63) is 70.5 Å². The molecule has 0 unspecified atom stereocenters. The molecule has 0 atom stereocenters. The molecule has 5 nitrogen and oxygen atoms in total. The highest BCUT2D eigenvalue weighted by Gasteiger charge is 2.20. The summed E-state index contributed by atoms with van der Waals surface area (Å²) in [6, 6.07) is 15.1. The summed E-state index contributed by atoms with van der Waals surface area (Å²) in [5, 5.41) is 0.601. The molecule has 0 spiro atoms. The number of H-pyrrole nitrogens is 1. The number of aromatic nitrogens is 2. The van der Waals surface area contributed by atoms with Crippen molar-refractivity contribution in [1.82, 2.24) is 14.9 Å². The summed E-state index contributed by atoms with van der Waals surface area (Å²) >= 11 is 6.07. The third-order valence-corrected chi connectivity index (χ3v) is 4.37. The van der Waals surface area contributed by atoms with E-state index in [2.05, 4.69) is 9.97 Å². The first-order valence-electron chi connectivity index (χ1n) is 8.19. The van der Waals surface area contributed by atoms with Gasteiger partial charge in [-0.15, -0.1) is 0 Å². The van der Waals surface area contributed by atoms with Crippen molar-refractivity contribution in [3.63, 3.8) is 0 Å². The Kier molecular flexibility index (Phi) is 5.28. The minimum atomic E-state index is -0.164. The van der Waals surface area contributed by atoms with Gasteiger partial charge in [0.1, 0.15) is 17.3 Å². The molecular formula is C20H20ClN3O2. The Bertz CT molecular complexity index is 922. The Morgan fingerprint density at radius 2 is 1.96 bits per heavy atom. The highest BCUT2D eigenvalue weighted by molar-refractivity contribution is 6.30. The van der Waals surface area contributed by atoms with Crippen LogP contribution in [-0.2, 0) is 6.54 Å². The van der Waals surface area contributed by atoms with Crippen LogP contribution in [0.5, 0.6) is 5.75 Å². The molecular weight excluding hydrogens is 350 g/mol. The van der Waals surface area contributed by atoms with Crippen LogP contribution in [0.25, 0.3) is 11.4 Å². The Labute approximate surface area is 157 Å². The summed E-state index contributed by atoms with van der Waals surface area (Å²) in [5.41, 5.74) is 2.92. The van der Waals surface area contributed by atoms with Crippen molar-refractivity contribution >= 4 is 17.5 Å². The van der Waals surface area contributed by atoms with Gasteiger partial charge in [-0.2, -0.15) is 0 Å². The van der Waals surface area contributed by atoms with Crippen LogP contribution in [0.2, 0.25) is 5.02 Å². The van der Waals surface area contributed by atoms with Crippen molar-refractivity contribution in [3.8, 4) is 17.1 Å². The molecule has 0 aliphatic heterocycles. The van der Waals surface area contributed by atoms with Gasteiger partial charge in [0, 0.05) is 35.4 Å². The van der Waals surface area contributed by atoms with Crippen molar-refractivity contribution in [2.75, 3.05) is 14.2 Å². The first kappa shape index (κ1) is 18.0. The normalized spacial score (nSPS) is 10.6. The summed E-state index contributed by atoms with van der Waals surface area (Å²) in [4.78, 5) is 22.2. The van der Waals surface area contributed by atoms with Crippen LogP contribution in [0, 0.1) is 6.92 Å². The molecule has 0 saturated carbocycles. The molecule has 2 aromatic carbocycles. The zero-order valence-electron chi connectivity index (χ0n) is 14.9. The van der Waals surface area contributed by atoms with E-state index in [1.165, 1.54) is 0 Å². The predicted octanol–water partition coefficient (Wildman–Crippen LogP) is 4.32. The van der Waals surface area contributed by atoms with Crippen LogP contribution >= 0.6 is 11.6 Å². The van der Waals surface area contributed by atoms with Crippen LogP contribution in [-0.4, -0.2) is 34.9 Å². The maximum atomic E-state index is 12.9. The minimum Gasteiger partial charge on any atom is -0.496 e. The molecule has 1 amide bonds. The molecule has 6 heteroatoms. The van der Waals surface area contributed by atoms with E-state index in [-0.39, 0.29) is 5.91 Å². The number of aromatic amines is 1. The number of amides is 1. The topological polar surface area (TPSA) is 58.2 Å². The second-order valence-electron chi connectivity index (χ2n) is 6.04. The van der Waals surface area contributed by atoms with E-state index < -0.39 is 0 Å². The Balaban J connectivity index is 1.83. The van der Waals surface area contributed by atoms with Crippen LogP contribution in [0.15, 0.2) is 48.5 Å². The Hall–Kier alpha value is -2.79. The van der Waals surface area contributed by atoms with Gasteiger partial charge in [-0.1, -0.05) is 41.9 Å². The number of nitrogens with one attached hydrogen (secondary N) is 1. The quantitative estimate of drug-likeness (QED) is 0.728. The Morgan fingerprint density at radius 3 is 2.65 bits per heavy atom. The lowest BCUT2D eigenvalue weighted by atomic mass is 10.2. The van der Waals surface area contributed by atoms with E-state index in [1.807, 2.05) is 37.3 Å². The maximum absolute atomic E-state index is 12.9. The maximum Gasteiger partial charge on any atom is 0.274 e. The molecule has 0 fully saturated rings. The van der Waals surface area contributed by atoms with Crippen LogP contribution < -0.4 is 4.74 Å². The third-order valence-electron chi connectivity index (χ3n) is 4.13. The van der Waals surface area contributed by atoms with Gasteiger partial charge in [0.2, 0.25) is 0 Å². The summed E-state index contributed by atoms with van der Waals surface area (Å²) in [5.74, 6) is 1.21. The first-order valence-corrected chi connectivity index (χ1v) is 8.57. The van der Waals surface area contributed by atoms with Gasteiger partial charge >= 0.3 is 0 Å². The number of halogens is 1. The number of ether oxygens (including phenoxy) is 1. The fourth-order valence-electron chi connectivity index (χ4n) is 2.78. The van der Waals surface area contributed by atoms with E-state index in [9.17, 15) is 4.79 Å². The SMILES string of the molecule is COc1ccc(Cl)cc1CN(C)C(=O)c1nc(-c2ccccc2)[nH]c1C. The molecule has 3 rings (SSSR count). The van der Waals surface area contributed by atoms with E-state index >= 15 is 0 Å². The second kappa shape index (κ2) is 7.62. The van der Waals surface area contributed by atoms with Gasteiger partial charge in [0.25, 0.3) is 5.91 Å². The van der Waals surface area contributed by atoms with Crippen molar-refractivity contribution in [2.45, 2.75) is 13.5 Å². The van der Waals surface area contributed by atoms with Gasteiger partial charge < -0.3 is 14.6 Å². The zero-order chi connectivity index (χ0) is 18.7. The fraction of sp³-hybridized carbons (Fsp3) is 0.200.